The fraction of sp³-hybridized carbons (Fsp3) is 0.444. The normalized spacial score (nSPS) is 34.4. The van der Waals surface area contributed by atoms with Crippen LogP contribution >= 0.6 is 22.9 Å². The van der Waals surface area contributed by atoms with Crippen molar-refractivity contribution in [2.75, 3.05) is 0 Å². The molecule has 1 saturated heterocycles. The van der Waals surface area contributed by atoms with E-state index in [4.69, 9.17) is 21.1 Å². The molecule has 0 amide bonds. The van der Waals surface area contributed by atoms with E-state index in [1.807, 2.05) is 30.3 Å². The molecule has 3 heterocycles. The average Bonchev–Trinajstić information content (AvgIpc) is 3.16. The lowest BCUT2D eigenvalue weighted by Gasteiger charge is -2.45. The molecule has 0 radical (unpaired) electrons. The zero-order chi connectivity index (χ0) is 17.8. The molecule has 2 aliphatic heterocycles. The molecule has 2 aliphatic rings. The molecular formula is C18H19ClO5S. The number of hydrogen-bond acceptors (Lipinski definition) is 6. The summed E-state index contributed by atoms with van der Waals surface area (Å²) in [7, 11) is 0. The van der Waals surface area contributed by atoms with E-state index in [-0.39, 0.29) is 6.61 Å². The zero-order valence-corrected chi connectivity index (χ0v) is 15.1. The highest BCUT2D eigenvalue weighted by Gasteiger charge is 2.57. The van der Waals surface area contributed by atoms with E-state index in [1.54, 1.807) is 6.92 Å². The second kappa shape index (κ2) is 6.32. The van der Waals surface area contributed by atoms with Gasteiger partial charge in [0.2, 0.25) is 5.79 Å². The van der Waals surface area contributed by atoms with Crippen LogP contribution in [-0.4, -0.2) is 39.7 Å². The van der Waals surface area contributed by atoms with Crippen molar-refractivity contribution < 1.29 is 24.8 Å². The molecule has 25 heavy (non-hydrogen) atoms. The van der Waals surface area contributed by atoms with Gasteiger partial charge in [0.25, 0.3) is 0 Å². The Morgan fingerprint density at radius 3 is 2.72 bits per heavy atom. The van der Waals surface area contributed by atoms with Crippen LogP contribution in [0, 0.1) is 0 Å². The summed E-state index contributed by atoms with van der Waals surface area (Å²) in [4.78, 5) is 1.13. The first kappa shape index (κ1) is 17.4. The molecule has 7 heteroatoms. The number of rotatable bonds is 2. The predicted octanol–water partition coefficient (Wildman–Crippen LogP) is 2.18. The van der Waals surface area contributed by atoms with Gasteiger partial charge in [0.1, 0.15) is 18.3 Å². The third-order valence-corrected chi connectivity index (χ3v) is 6.13. The van der Waals surface area contributed by atoms with E-state index in [0.717, 1.165) is 20.3 Å². The van der Waals surface area contributed by atoms with Gasteiger partial charge < -0.3 is 24.8 Å². The van der Waals surface area contributed by atoms with Gasteiger partial charge in [-0.2, -0.15) is 0 Å². The first-order chi connectivity index (χ1) is 11.9. The Balaban J connectivity index is 1.70. The summed E-state index contributed by atoms with van der Waals surface area (Å²) in [6, 6.07) is 9.76. The largest absolute Gasteiger partial charge is 0.388 e. The van der Waals surface area contributed by atoms with Gasteiger partial charge in [-0.3, -0.25) is 0 Å². The minimum absolute atomic E-state index is 0.285. The van der Waals surface area contributed by atoms with Crippen LogP contribution in [0.5, 0.6) is 0 Å². The third-order valence-electron chi connectivity index (χ3n) is 4.90. The van der Waals surface area contributed by atoms with E-state index >= 15 is 0 Å². The van der Waals surface area contributed by atoms with Crippen LogP contribution in [0.25, 0.3) is 0 Å². The smallest absolute Gasteiger partial charge is 0.225 e. The Morgan fingerprint density at radius 2 is 2.00 bits per heavy atom. The molecule has 0 aliphatic carbocycles. The van der Waals surface area contributed by atoms with Gasteiger partial charge in [-0.1, -0.05) is 23.7 Å². The molecule has 0 saturated carbocycles. The number of fused-ring (bicyclic) bond motifs is 2. The molecule has 1 fully saturated rings. The molecule has 2 aromatic rings. The van der Waals surface area contributed by atoms with Gasteiger partial charge in [0, 0.05) is 16.9 Å². The molecule has 3 N–H and O–H groups in total. The molecular weight excluding hydrogens is 364 g/mol. The Hall–Kier alpha value is -0.990. The fourth-order valence-electron chi connectivity index (χ4n) is 3.54. The molecule has 5 atom stereocenters. The van der Waals surface area contributed by atoms with E-state index in [1.165, 1.54) is 11.3 Å². The van der Waals surface area contributed by atoms with E-state index in [2.05, 4.69) is 0 Å². The maximum Gasteiger partial charge on any atom is 0.225 e. The maximum atomic E-state index is 10.6. The van der Waals surface area contributed by atoms with Crippen molar-refractivity contribution >= 4 is 22.9 Å². The minimum Gasteiger partial charge on any atom is -0.388 e. The third kappa shape index (κ3) is 2.82. The van der Waals surface area contributed by atoms with Crippen LogP contribution in [-0.2, 0) is 28.3 Å². The van der Waals surface area contributed by atoms with Crippen LogP contribution in [0.4, 0.5) is 0 Å². The van der Waals surface area contributed by atoms with Gasteiger partial charge in [0.15, 0.2) is 0 Å². The van der Waals surface area contributed by atoms with Crippen LogP contribution in [0.3, 0.4) is 0 Å². The van der Waals surface area contributed by atoms with E-state index < -0.39 is 30.2 Å². The Labute approximate surface area is 154 Å². The summed E-state index contributed by atoms with van der Waals surface area (Å²) in [6.07, 6.45) is -3.83. The molecule has 1 spiro atoms. The number of hydrogen-bond donors (Lipinski definition) is 3. The number of aliphatic hydroxyl groups is 3. The highest BCUT2D eigenvalue weighted by molar-refractivity contribution is 7.16. The number of halogens is 1. The summed E-state index contributed by atoms with van der Waals surface area (Å²) >= 11 is 7.52. The lowest BCUT2D eigenvalue weighted by Crippen LogP contribution is -2.62. The summed E-state index contributed by atoms with van der Waals surface area (Å²) < 4.78 is 12.4. The summed E-state index contributed by atoms with van der Waals surface area (Å²) in [5.41, 5.74) is 2.65. The summed E-state index contributed by atoms with van der Waals surface area (Å²) in [5.74, 6) is -1.45. The minimum atomic E-state index is -1.45. The van der Waals surface area contributed by atoms with Crippen molar-refractivity contribution in [3.05, 3.63) is 56.2 Å². The number of thiophene rings is 1. The Bertz CT molecular complexity index is 794. The summed E-state index contributed by atoms with van der Waals surface area (Å²) in [5, 5.41) is 30.7. The molecule has 1 aromatic carbocycles. The van der Waals surface area contributed by atoms with Crippen LogP contribution in [0.15, 0.2) is 30.3 Å². The fourth-order valence-corrected chi connectivity index (χ4v) is 4.66. The standard InChI is InChI=1S/C18H19ClO5S/c1-9-15(20)16(21)17(22)18(24-9)13-7-10(2-3-11(13)8-23-18)6-12-4-5-14(19)25-12/h2-5,7,9,15-17,20-22H,6,8H2,1H3/t9-,15-,16+,17-,18+/m1/s1. The summed E-state index contributed by atoms with van der Waals surface area (Å²) in [6.45, 7) is 1.94. The lowest BCUT2D eigenvalue weighted by atomic mass is 9.87. The molecule has 0 unspecified atom stereocenters. The first-order valence-electron chi connectivity index (χ1n) is 8.13. The second-order valence-corrected chi connectivity index (χ2v) is 8.38. The van der Waals surface area contributed by atoms with Gasteiger partial charge in [-0.25, -0.2) is 0 Å². The predicted molar refractivity (Wildman–Crippen MR) is 93.6 cm³/mol. The van der Waals surface area contributed by atoms with Crippen molar-refractivity contribution in [3.8, 4) is 0 Å². The first-order valence-corrected chi connectivity index (χ1v) is 9.32. The Morgan fingerprint density at radius 1 is 1.20 bits per heavy atom. The van der Waals surface area contributed by atoms with Crippen LogP contribution in [0.1, 0.15) is 28.5 Å². The maximum absolute atomic E-state index is 10.6. The topological polar surface area (TPSA) is 79.2 Å². The van der Waals surface area contributed by atoms with Crippen LogP contribution in [0.2, 0.25) is 4.34 Å². The molecule has 5 nitrogen and oxygen atoms in total. The highest BCUT2D eigenvalue weighted by atomic mass is 35.5. The molecule has 1 aromatic heterocycles. The monoisotopic (exact) mass is 382 g/mol. The van der Waals surface area contributed by atoms with Gasteiger partial charge in [-0.15, -0.1) is 11.3 Å². The molecule has 4 rings (SSSR count). The van der Waals surface area contributed by atoms with Crippen LogP contribution < -0.4 is 0 Å². The van der Waals surface area contributed by atoms with Crippen molar-refractivity contribution in [2.24, 2.45) is 0 Å². The number of aliphatic hydroxyl groups excluding tert-OH is 3. The average molecular weight is 383 g/mol. The zero-order valence-electron chi connectivity index (χ0n) is 13.6. The van der Waals surface area contributed by atoms with Gasteiger partial charge in [0.05, 0.1) is 17.0 Å². The number of benzene rings is 1. The quantitative estimate of drug-likeness (QED) is 0.742. The second-order valence-electron chi connectivity index (χ2n) is 6.58. The highest BCUT2D eigenvalue weighted by Crippen LogP contribution is 2.46. The van der Waals surface area contributed by atoms with Crippen molar-refractivity contribution in [2.45, 2.75) is 50.2 Å². The van der Waals surface area contributed by atoms with Gasteiger partial charge in [-0.05, 0) is 36.2 Å². The SMILES string of the molecule is C[C@H]1O[C@]2(OCc3ccc(Cc4ccc(Cl)s4)cc32)[C@H](O)[C@@H](O)[C@@H]1O. The Kier molecular flexibility index (Phi) is 4.40. The van der Waals surface area contributed by atoms with Crippen molar-refractivity contribution in [1.29, 1.82) is 0 Å². The van der Waals surface area contributed by atoms with Crippen molar-refractivity contribution in [3.63, 3.8) is 0 Å². The van der Waals surface area contributed by atoms with E-state index in [9.17, 15) is 15.3 Å². The van der Waals surface area contributed by atoms with Crippen molar-refractivity contribution in [1.82, 2.24) is 0 Å². The molecule has 0 bridgehead atoms. The lowest BCUT2D eigenvalue weighted by molar-refractivity contribution is -0.362. The van der Waals surface area contributed by atoms with E-state index in [0.29, 0.717) is 12.0 Å². The molecule has 134 valence electrons. The number of ether oxygens (including phenoxy) is 2. The van der Waals surface area contributed by atoms with Gasteiger partial charge >= 0.3 is 0 Å².